The molecule has 0 aliphatic carbocycles. The van der Waals surface area contributed by atoms with Gasteiger partial charge < -0.3 is 5.73 Å². The summed E-state index contributed by atoms with van der Waals surface area (Å²) in [5.74, 6) is 0.280. The van der Waals surface area contributed by atoms with E-state index in [0.29, 0.717) is 11.7 Å². The summed E-state index contributed by atoms with van der Waals surface area (Å²) in [6.45, 7) is 4.23. The van der Waals surface area contributed by atoms with Gasteiger partial charge in [-0.2, -0.15) is 0 Å². The third-order valence-corrected chi connectivity index (χ3v) is 3.55. The van der Waals surface area contributed by atoms with Crippen LogP contribution in [0.5, 0.6) is 0 Å². The van der Waals surface area contributed by atoms with Crippen LogP contribution in [0.4, 0.5) is 0 Å². The Labute approximate surface area is 95.8 Å². The third-order valence-electron chi connectivity index (χ3n) is 2.20. The number of hydrogen-bond donors (Lipinski definition) is 2. The van der Waals surface area contributed by atoms with Crippen LogP contribution in [0.25, 0.3) is 0 Å². The second-order valence-corrected chi connectivity index (χ2v) is 5.07. The first-order valence-corrected chi connectivity index (χ1v) is 6.06. The molecule has 1 unspecified atom stereocenters. The normalized spacial score (nSPS) is 12.4. The molecule has 82 valence electrons. The summed E-state index contributed by atoms with van der Waals surface area (Å²) in [5.41, 5.74) is 6.70. The molecule has 0 fully saturated rings. The zero-order valence-corrected chi connectivity index (χ0v) is 10.1. The monoisotopic (exact) mass is 222 g/mol. The summed E-state index contributed by atoms with van der Waals surface area (Å²) < 4.78 is 0. The maximum Gasteiger partial charge on any atom is 0.0916 e. The van der Waals surface area contributed by atoms with Gasteiger partial charge in [0.2, 0.25) is 0 Å². The van der Waals surface area contributed by atoms with Crippen molar-refractivity contribution in [3.63, 3.8) is 0 Å². The van der Waals surface area contributed by atoms with E-state index in [1.165, 1.54) is 10.5 Å². The fourth-order valence-corrected chi connectivity index (χ4v) is 2.62. The van der Waals surface area contributed by atoms with E-state index in [0.717, 1.165) is 6.42 Å². The number of rotatable bonds is 5. The van der Waals surface area contributed by atoms with Crippen LogP contribution in [0.15, 0.2) is 29.2 Å². The lowest BCUT2D eigenvalue weighted by atomic mass is 10.2. The lowest BCUT2D eigenvalue weighted by Gasteiger charge is -2.13. The topological polar surface area (TPSA) is 49.9 Å². The minimum absolute atomic E-state index is 0.280. The second-order valence-electron chi connectivity index (χ2n) is 3.69. The van der Waals surface area contributed by atoms with Crippen molar-refractivity contribution in [1.82, 2.24) is 0 Å². The van der Waals surface area contributed by atoms with Crippen molar-refractivity contribution in [1.29, 1.82) is 5.41 Å². The maximum absolute atomic E-state index is 7.30. The van der Waals surface area contributed by atoms with Gasteiger partial charge in [-0.15, -0.1) is 11.8 Å². The standard InChI is InChI=1S/C12H18N2S/c1-3-10(8-12(13)14)15-11-6-4-5-9(2)7-11/h4-7,10H,3,8H2,1-2H3,(H3,13,14). The van der Waals surface area contributed by atoms with Crippen molar-refractivity contribution in [2.24, 2.45) is 5.73 Å². The highest BCUT2D eigenvalue weighted by Crippen LogP contribution is 2.27. The highest BCUT2D eigenvalue weighted by molar-refractivity contribution is 8.00. The predicted octanol–water partition coefficient (Wildman–Crippen LogP) is 3.19. The zero-order chi connectivity index (χ0) is 11.3. The van der Waals surface area contributed by atoms with Crippen molar-refractivity contribution < 1.29 is 0 Å². The molecule has 0 aliphatic heterocycles. The molecular weight excluding hydrogens is 204 g/mol. The van der Waals surface area contributed by atoms with Gasteiger partial charge in [0.25, 0.3) is 0 Å². The molecule has 0 radical (unpaired) electrons. The quantitative estimate of drug-likeness (QED) is 0.456. The number of benzene rings is 1. The van der Waals surface area contributed by atoms with Gasteiger partial charge in [0.1, 0.15) is 0 Å². The van der Waals surface area contributed by atoms with E-state index in [-0.39, 0.29) is 5.84 Å². The summed E-state index contributed by atoms with van der Waals surface area (Å²) in [4.78, 5) is 1.27. The number of aryl methyl sites for hydroxylation is 1. The minimum atomic E-state index is 0.280. The van der Waals surface area contributed by atoms with Gasteiger partial charge >= 0.3 is 0 Å². The lowest BCUT2D eigenvalue weighted by molar-refractivity contribution is 0.849. The molecule has 3 N–H and O–H groups in total. The minimum Gasteiger partial charge on any atom is -0.388 e. The summed E-state index contributed by atoms with van der Waals surface area (Å²) in [5, 5.41) is 7.72. The van der Waals surface area contributed by atoms with E-state index < -0.39 is 0 Å². The summed E-state index contributed by atoms with van der Waals surface area (Å²) >= 11 is 1.81. The molecule has 0 spiro atoms. The van der Waals surface area contributed by atoms with Crippen LogP contribution in [0.3, 0.4) is 0 Å². The van der Waals surface area contributed by atoms with Crippen molar-refractivity contribution >= 4 is 17.6 Å². The fraction of sp³-hybridized carbons (Fsp3) is 0.417. The van der Waals surface area contributed by atoms with Crippen molar-refractivity contribution in [3.8, 4) is 0 Å². The smallest absolute Gasteiger partial charge is 0.0916 e. The summed E-state index contributed by atoms with van der Waals surface area (Å²) in [7, 11) is 0. The molecule has 1 aromatic rings. The Balaban J connectivity index is 2.62. The van der Waals surface area contributed by atoms with Crippen molar-refractivity contribution in [3.05, 3.63) is 29.8 Å². The molecule has 0 bridgehead atoms. The average molecular weight is 222 g/mol. The number of thioether (sulfide) groups is 1. The molecule has 0 saturated carbocycles. The van der Waals surface area contributed by atoms with E-state index in [9.17, 15) is 0 Å². The van der Waals surface area contributed by atoms with Gasteiger partial charge in [0.05, 0.1) is 5.84 Å². The predicted molar refractivity (Wildman–Crippen MR) is 67.6 cm³/mol. The van der Waals surface area contributed by atoms with Crippen LogP contribution < -0.4 is 5.73 Å². The zero-order valence-electron chi connectivity index (χ0n) is 9.29. The van der Waals surface area contributed by atoms with Gasteiger partial charge in [-0.25, -0.2) is 0 Å². The Bertz CT molecular complexity index is 336. The van der Waals surface area contributed by atoms with Crippen LogP contribution in [0, 0.1) is 12.3 Å². The van der Waals surface area contributed by atoms with Crippen LogP contribution >= 0.6 is 11.8 Å². The number of nitrogens with one attached hydrogen (secondary N) is 1. The van der Waals surface area contributed by atoms with Crippen LogP contribution in [0.1, 0.15) is 25.3 Å². The number of amidine groups is 1. The van der Waals surface area contributed by atoms with Crippen LogP contribution in [0.2, 0.25) is 0 Å². The van der Waals surface area contributed by atoms with Gasteiger partial charge in [-0.05, 0) is 25.5 Å². The molecule has 15 heavy (non-hydrogen) atoms. The van der Waals surface area contributed by atoms with Crippen molar-refractivity contribution in [2.45, 2.75) is 36.8 Å². The second kappa shape index (κ2) is 5.81. The molecule has 0 aromatic heterocycles. The first kappa shape index (κ1) is 12.1. The molecule has 1 rings (SSSR count). The van der Waals surface area contributed by atoms with E-state index in [4.69, 9.17) is 11.1 Å². The Kier molecular flexibility index (Phi) is 4.69. The third kappa shape index (κ3) is 4.38. The molecule has 0 saturated heterocycles. The van der Waals surface area contributed by atoms with Gasteiger partial charge in [-0.3, -0.25) is 5.41 Å². The Hall–Kier alpha value is -0.960. The Morgan fingerprint density at radius 3 is 2.80 bits per heavy atom. The molecule has 0 heterocycles. The average Bonchev–Trinajstić information content (AvgIpc) is 2.16. The molecule has 0 aliphatic rings. The largest absolute Gasteiger partial charge is 0.388 e. The first-order chi connectivity index (χ1) is 7.11. The first-order valence-electron chi connectivity index (χ1n) is 5.18. The number of hydrogen-bond acceptors (Lipinski definition) is 2. The SMILES string of the molecule is CCC(CC(=N)N)Sc1cccc(C)c1. The molecule has 1 aromatic carbocycles. The summed E-state index contributed by atoms with van der Waals surface area (Å²) in [6.07, 6.45) is 1.72. The Morgan fingerprint density at radius 2 is 2.27 bits per heavy atom. The fourth-order valence-electron chi connectivity index (χ4n) is 1.40. The van der Waals surface area contributed by atoms with Crippen LogP contribution in [-0.4, -0.2) is 11.1 Å². The molecule has 3 heteroatoms. The summed E-state index contributed by atoms with van der Waals surface area (Å²) in [6, 6.07) is 8.45. The van der Waals surface area contributed by atoms with Crippen LogP contribution in [-0.2, 0) is 0 Å². The molecule has 0 amide bonds. The van der Waals surface area contributed by atoms with E-state index >= 15 is 0 Å². The maximum atomic E-state index is 7.30. The molecule has 1 atom stereocenters. The number of nitrogens with two attached hydrogens (primary N) is 1. The lowest BCUT2D eigenvalue weighted by Crippen LogP contribution is -2.16. The molecular formula is C12H18N2S. The van der Waals surface area contributed by atoms with Gasteiger partial charge in [0, 0.05) is 16.6 Å². The molecule has 2 nitrogen and oxygen atoms in total. The van der Waals surface area contributed by atoms with Gasteiger partial charge in [-0.1, -0.05) is 24.6 Å². The van der Waals surface area contributed by atoms with E-state index in [1.807, 2.05) is 11.8 Å². The highest BCUT2D eigenvalue weighted by Gasteiger charge is 2.09. The van der Waals surface area contributed by atoms with Gasteiger partial charge in [0.15, 0.2) is 0 Å². The Morgan fingerprint density at radius 1 is 1.53 bits per heavy atom. The van der Waals surface area contributed by atoms with Crippen molar-refractivity contribution in [2.75, 3.05) is 0 Å². The highest BCUT2D eigenvalue weighted by atomic mass is 32.2. The van der Waals surface area contributed by atoms with E-state index in [2.05, 4.69) is 38.1 Å². The van der Waals surface area contributed by atoms with E-state index in [1.54, 1.807) is 0 Å².